The summed E-state index contributed by atoms with van der Waals surface area (Å²) in [5.74, 6) is 3.01. The first-order chi connectivity index (χ1) is 8.66. The van der Waals surface area contributed by atoms with E-state index in [2.05, 4.69) is 55.4 Å². The molecule has 0 aromatic carbocycles. The van der Waals surface area contributed by atoms with E-state index in [1.807, 2.05) is 0 Å². The van der Waals surface area contributed by atoms with Gasteiger partial charge in [-0.25, -0.2) is 0 Å². The molecule has 0 spiro atoms. The second-order valence-corrected chi connectivity index (χ2v) is 7.19. The monoisotopic (exact) mass is 270 g/mol. The summed E-state index contributed by atoms with van der Waals surface area (Å²) in [6.07, 6.45) is 0.554. The van der Waals surface area contributed by atoms with Gasteiger partial charge in [-0.2, -0.15) is 0 Å². The minimum absolute atomic E-state index is 0.0290. The first-order valence-electron chi connectivity index (χ1n) is 7.82. The lowest BCUT2D eigenvalue weighted by Crippen LogP contribution is -2.26. The van der Waals surface area contributed by atoms with Crippen molar-refractivity contribution < 1.29 is 9.53 Å². The van der Waals surface area contributed by atoms with Crippen molar-refractivity contribution in [3.63, 3.8) is 0 Å². The number of carbonyl (C=O) groups is 1. The molecule has 0 aliphatic heterocycles. The first-order valence-corrected chi connectivity index (χ1v) is 7.82. The van der Waals surface area contributed by atoms with E-state index in [4.69, 9.17) is 4.74 Å². The second kappa shape index (κ2) is 8.60. The van der Waals surface area contributed by atoms with Crippen LogP contribution in [0.4, 0.5) is 0 Å². The largest absolute Gasteiger partial charge is 0.465 e. The van der Waals surface area contributed by atoms with E-state index in [-0.39, 0.29) is 5.97 Å². The number of ether oxygens (including phenoxy) is 1. The number of esters is 1. The van der Waals surface area contributed by atoms with Crippen molar-refractivity contribution in [1.29, 1.82) is 0 Å². The molecule has 114 valence electrons. The molecule has 2 heteroatoms. The van der Waals surface area contributed by atoms with Crippen molar-refractivity contribution in [3.05, 3.63) is 0 Å². The Morgan fingerprint density at radius 2 is 1.11 bits per heavy atom. The molecule has 0 saturated heterocycles. The van der Waals surface area contributed by atoms with Crippen LogP contribution in [-0.2, 0) is 9.53 Å². The predicted octanol–water partition coefficient (Wildman–Crippen LogP) is 4.78. The topological polar surface area (TPSA) is 26.3 Å². The van der Waals surface area contributed by atoms with Gasteiger partial charge in [0.2, 0.25) is 0 Å². The summed E-state index contributed by atoms with van der Waals surface area (Å²) < 4.78 is 5.52. The molecule has 0 heterocycles. The van der Waals surface area contributed by atoms with Gasteiger partial charge in [-0.3, -0.25) is 4.79 Å². The van der Waals surface area contributed by atoms with E-state index in [1.165, 1.54) is 0 Å². The Bertz CT molecular complexity index is 238. The van der Waals surface area contributed by atoms with E-state index < -0.39 is 0 Å². The third kappa shape index (κ3) is 6.98. The van der Waals surface area contributed by atoms with E-state index >= 15 is 0 Å². The van der Waals surface area contributed by atoms with Crippen LogP contribution in [0.5, 0.6) is 0 Å². The third-order valence-corrected chi connectivity index (χ3v) is 4.26. The van der Waals surface area contributed by atoms with Crippen LogP contribution in [0, 0.1) is 35.5 Å². The minimum atomic E-state index is -0.0290. The van der Waals surface area contributed by atoms with Crippen LogP contribution in [0.3, 0.4) is 0 Å². The SMILES string of the molecule is CC(C)C(COC(=O)CC(C(C)C)C(C)C)C(C)C. The van der Waals surface area contributed by atoms with Crippen molar-refractivity contribution >= 4 is 5.97 Å². The maximum absolute atomic E-state index is 12.0. The Kier molecular flexibility index (Phi) is 8.36. The van der Waals surface area contributed by atoms with Gasteiger partial charge in [0.05, 0.1) is 6.61 Å². The van der Waals surface area contributed by atoms with Gasteiger partial charge in [-0.1, -0.05) is 55.4 Å². The van der Waals surface area contributed by atoms with Crippen molar-refractivity contribution in [1.82, 2.24) is 0 Å². The molecule has 0 amide bonds. The molecule has 19 heavy (non-hydrogen) atoms. The molecule has 0 N–H and O–H groups in total. The summed E-state index contributed by atoms with van der Waals surface area (Å²) >= 11 is 0. The summed E-state index contributed by atoms with van der Waals surface area (Å²) in [5, 5.41) is 0. The highest BCUT2D eigenvalue weighted by Crippen LogP contribution is 2.25. The van der Waals surface area contributed by atoms with Gasteiger partial charge in [-0.05, 0) is 35.5 Å². The second-order valence-electron chi connectivity index (χ2n) is 7.19. The van der Waals surface area contributed by atoms with Crippen LogP contribution in [-0.4, -0.2) is 12.6 Å². The normalized spacial score (nSPS) is 12.5. The lowest BCUT2D eigenvalue weighted by molar-refractivity contribution is -0.148. The summed E-state index contributed by atoms with van der Waals surface area (Å²) in [6.45, 7) is 18.1. The van der Waals surface area contributed by atoms with E-state index in [1.54, 1.807) is 0 Å². The molecule has 0 aromatic rings. The maximum atomic E-state index is 12.0. The first kappa shape index (κ1) is 18.5. The highest BCUT2D eigenvalue weighted by Gasteiger charge is 2.24. The van der Waals surface area contributed by atoms with Crippen molar-refractivity contribution in [2.45, 2.75) is 61.8 Å². The van der Waals surface area contributed by atoms with Crippen LogP contribution >= 0.6 is 0 Å². The van der Waals surface area contributed by atoms with Crippen molar-refractivity contribution in [2.24, 2.45) is 35.5 Å². The zero-order valence-electron chi connectivity index (χ0n) is 14.2. The molecule has 0 aromatic heterocycles. The lowest BCUT2D eigenvalue weighted by Gasteiger charge is -2.26. The summed E-state index contributed by atoms with van der Waals surface area (Å²) in [4.78, 5) is 12.0. The van der Waals surface area contributed by atoms with Gasteiger partial charge in [-0.15, -0.1) is 0 Å². The fourth-order valence-electron chi connectivity index (χ4n) is 2.84. The molecule has 2 nitrogen and oxygen atoms in total. The van der Waals surface area contributed by atoms with Gasteiger partial charge in [0.25, 0.3) is 0 Å². The molecule has 0 aliphatic rings. The number of hydrogen-bond acceptors (Lipinski definition) is 2. The molecule has 0 fully saturated rings. The molecule has 0 radical (unpaired) electrons. The number of carbonyl (C=O) groups excluding carboxylic acids is 1. The Hall–Kier alpha value is -0.530. The molecule has 0 aliphatic carbocycles. The van der Waals surface area contributed by atoms with Crippen LogP contribution in [0.1, 0.15) is 61.8 Å². The van der Waals surface area contributed by atoms with E-state index in [9.17, 15) is 4.79 Å². The molecule has 0 unspecified atom stereocenters. The van der Waals surface area contributed by atoms with Crippen molar-refractivity contribution in [3.8, 4) is 0 Å². The molecule has 0 rings (SSSR count). The average Bonchev–Trinajstić information content (AvgIpc) is 2.24. The van der Waals surface area contributed by atoms with Crippen LogP contribution in [0.25, 0.3) is 0 Å². The van der Waals surface area contributed by atoms with E-state index in [0.717, 1.165) is 0 Å². The Labute approximate surface area is 120 Å². The molecular weight excluding hydrogens is 236 g/mol. The summed E-state index contributed by atoms with van der Waals surface area (Å²) in [7, 11) is 0. The third-order valence-electron chi connectivity index (χ3n) is 4.26. The van der Waals surface area contributed by atoms with Crippen LogP contribution < -0.4 is 0 Å². The Morgan fingerprint density at radius 3 is 1.42 bits per heavy atom. The average molecular weight is 270 g/mol. The quantitative estimate of drug-likeness (QED) is 0.593. The van der Waals surface area contributed by atoms with Gasteiger partial charge in [0.1, 0.15) is 0 Å². The highest BCUT2D eigenvalue weighted by atomic mass is 16.5. The molecular formula is C17H34O2. The van der Waals surface area contributed by atoms with Crippen LogP contribution in [0.15, 0.2) is 0 Å². The molecule has 0 bridgehead atoms. The Morgan fingerprint density at radius 1 is 0.737 bits per heavy atom. The smallest absolute Gasteiger partial charge is 0.306 e. The van der Waals surface area contributed by atoms with Crippen LogP contribution in [0.2, 0.25) is 0 Å². The van der Waals surface area contributed by atoms with Crippen molar-refractivity contribution in [2.75, 3.05) is 6.61 Å². The van der Waals surface area contributed by atoms with Gasteiger partial charge in [0.15, 0.2) is 0 Å². The lowest BCUT2D eigenvalue weighted by atomic mass is 9.83. The Balaban J connectivity index is 4.31. The summed E-state index contributed by atoms with van der Waals surface area (Å²) in [6, 6.07) is 0. The van der Waals surface area contributed by atoms with Gasteiger partial charge >= 0.3 is 5.97 Å². The number of rotatable bonds is 8. The molecule has 0 saturated carbocycles. The van der Waals surface area contributed by atoms with Gasteiger partial charge in [0, 0.05) is 6.42 Å². The standard InChI is InChI=1S/C17H34O2/c1-11(2)15(12(3)4)9-17(18)19-10-16(13(5)6)14(7)8/h11-16H,9-10H2,1-8H3. The number of hydrogen-bond donors (Lipinski definition) is 0. The fourth-order valence-corrected chi connectivity index (χ4v) is 2.84. The molecule has 0 atom stereocenters. The summed E-state index contributed by atoms with van der Waals surface area (Å²) in [5.41, 5.74) is 0. The highest BCUT2D eigenvalue weighted by molar-refractivity contribution is 5.69. The minimum Gasteiger partial charge on any atom is -0.465 e. The van der Waals surface area contributed by atoms with E-state index in [0.29, 0.717) is 48.5 Å². The zero-order chi connectivity index (χ0) is 15.2. The maximum Gasteiger partial charge on any atom is 0.306 e. The van der Waals surface area contributed by atoms with Gasteiger partial charge < -0.3 is 4.74 Å². The zero-order valence-corrected chi connectivity index (χ0v) is 14.2. The predicted molar refractivity (Wildman–Crippen MR) is 81.9 cm³/mol. The fraction of sp³-hybridized carbons (Fsp3) is 0.941.